The van der Waals surface area contributed by atoms with E-state index in [1.807, 2.05) is 82.3 Å². The Labute approximate surface area is 247 Å². The maximum atomic E-state index is 14.8. The minimum absolute atomic E-state index is 0.0874. The normalized spacial score (nSPS) is 35.5. The predicted molar refractivity (Wildman–Crippen MR) is 158 cm³/mol. The Morgan fingerprint density at radius 2 is 1.71 bits per heavy atom. The van der Waals surface area contributed by atoms with Gasteiger partial charge in [0.25, 0.3) is 0 Å². The van der Waals surface area contributed by atoms with Gasteiger partial charge in [0, 0.05) is 5.57 Å². The smallest absolute Gasteiger partial charge is 0.339 e. The topological polar surface area (TPSA) is 82.1 Å². The zero-order valence-corrected chi connectivity index (χ0v) is 25.1. The quantitative estimate of drug-likeness (QED) is 0.352. The molecule has 0 amide bonds. The molecular weight excluding hydrogens is 528 g/mol. The predicted octanol–water partition coefficient (Wildman–Crippen LogP) is 6.21. The largest absolute Gasteiger partial charge is 0.451 e. The summed E-state index contributed by atoms with van der Waals surface area (Å²) in [5.74, 6) is -1.67. The van der Waals surface area contributed by atoms with Crippen LogP contribution in [0, 0.1) is 22.7 Å². The molecule has 6 atom stereocenters. The summed E-state index contributed by atoms with van der Waals surface area (Å²) in [4.78, 5) is 28.9. The van der Waals surface area contributed by atoms with Crippen molar-refractivity contribution in [2.45, 2.75) is 71.6 Å². The highest BCUT2D eigenvalue weighted by Gasteiger charge is 2.75. The number of allylic oxidation sites excluding steroid dienone is 3. The van der Waals surface area contributed by atoms with Gasteiger partial charge in [0.05, 0.1) is 17.6 Å². The number of esters is 1. The number of rotatable bonds is 3. The average Bonchev–Trinajstić information content (AvgIpc) is 3.45. The monoisotopic (exact) mass is 566 g/mol. The Hall–Kier alpha value is -3.32. The van der Waals surface area contributed by atoms with Crippen LogP contribution in [0.5, 0.6) is 0 Å². The van der Waals surface area contributed by atoms with Crippen molar-refractivity contribution in [2.75, 3.05) is 6.61 Å². The SMILES string of the molecule is CC1=CC23C(=O)C(=C4C(CC2C)C4(C)C)C=C2COC(C)(C)OC2C3(O)C1OC(=O)c1ccccc1-c1ccccc1. The number of carbonyl (C=O) groups is 2. The van der Waals surface area contributed by atoms with Gasteiger partial charge in [0.1, 0.15) is 6.10 Å². The Balaban J connectivity index is 1.38. The van der Waals surface area contributed by atoms with Crippen LogP contribution in [0.25, 0.3) is 11.1 Å². The van der Waals surface area contributed by atoms with Crippen molar-refractivity contribution in [3.8, 4) is 11.1 Å². The maximum absolute atomic E-state index is 14.8. The number of ether oxygens (including phenoxy) is 3. The molecule has 42 heavy (non-hydrogen) atoms. The van der Waals surface area contributed by atoms with Crippen LogP contribution in [0.15, 0.2) is 89.0 Å². The van der Waals surface area contributed by atoms with E-state index in [1.165, 1.54) is 0 Å². The molecule has 0 aromatic heterocycles. The molecule has 2 aromatic carbocycles. The molecule has 0 radical (unpaired) electrons. The first-order valence-corrected chi connectivity index (χ1v) is 14.9. The van der Waals surface area contributed by atoms with Crippen LogP contribution in [0.1, 0.15) is 58.3 Å². The lowest BCUT2D eigenvalue weighted by Gasteiger charge is -2.52. The number of aliphatic hydroxyl groups is 1. The summed E-state index contributed by atoms with van der Waals surface area (Å²) in [5, 5.41) is 13.2. The Morgan fingerprint density at radius 3 is 2.45 bits per heavy atom. The molecule has 4 aliphatic carbocycles. The fraction of sp³-hybridized carbons (Fsp3) is 0.444. The Bertz CT molecular complexity index is 1610. The van der Waals surface area contributed by atoms with Gasteiger partial charge in [-0.05, 0) is 84.4 Å². The van der Waals surface area contributed by atoms with Gasteiger partial charge in [-0.25, -0.2) is 4.79 Å². The minimum Gasteiger partial charge on any atom is -0.451 e. The van der Waals surface area contributed by atoms with Gasteiger partial charge in [0.15, 0.2) is 23.3 Å². The van der Waals surface area contributed by atoms with Gasteiger partial charge in [0.2, 0.25) is 0 Å². The molecule has 1 N–H and O–H groups in total. The van der Waals surface area contributed by atoms with Crippen molar-refractivity contribution in [1.82, 2.24) is 0 Å². The lowest BCUT2D eigenvalue weighted by Crippen LogP contribution is -2.68. The molecule has 2 aromatic rings. The number of ketones is 1. The van der Waals surface area contributed by atoms with E-state index in [4.69, 9.17) is 14.2 Å². The van der Waals surface area contributed by atoms with Gasteiger partial charge >= 0.3 is 5.97 Å². The molecule has 2 bridgehead atoms. The van der Waals surface area contributed by atoms with Crippen molar-refractivity contribution in [1.29, 1.82) is 0 Å². The first-order valence-electron chi connectivity index (χ1n) is 14.9. The first-order chi connectivity index (χ1) is 19.8. The number of Topliss-reactive ketones (excluding diaryl/α,β-unsaturated/α-hetero) is 1. The minimum atomic E-state index is -1.87. The van der Waals surface area contributed by atoms with Crippen LogP contribution in [-0.4, -0.2) is 47.1 Å². The fourth-order valence-electron chi connectivity index (χ4n) is 8.38. The van der Waals surface area contributed by atoms with E-state index >= 15 is 0 Å². The second-order valence-electron chi connectivity index (χ2n) is 13.8. The molecule has 7 rings (SSSR count). The summed E-state index contributed by atoms with van der Waals surface area (Å²) in [6.45, 7) is 12.1. The van der Waals surface area contributed by atoms with Gasteiger partial charge in [-0.3, -0.25) is 4.79 Å². The highest BCUT2D eigenvalue weighted by atomic mass is 16.7. The van der Waals surface area contributed by atoms with E-state index in [0.717, 1.165) is 23.1 Å². The van der Waals surface area contributed by atoms with Crippen LogP contribution in [-0.2, 0) is 19.0 Å². The van der Waals surface area contributed by atoms with Crippen molar-refractivity contribution in [3.63, 3.8) is 0 Å². The Morgan fingerprint density at radius 1 is 1.02 bits per heavy atom. The molecular formula is C36H38O6. The van der Waals surface area contributed by atoms with Crippen LogP contribution in [0.2, 0.25) is 0 Å². The third kappa shape index (κ3) is 3.55. The second-order valence-corrected chi connectivity index (χ2v) is 13.8. The van der Waals surface area contributed by atoms with Crippen LogP contribution in [0.3, 0.4) is 0 Å². The van der Waals surface area contributed by atoms with Crippen LogP contribution >= 0.6 is 0 Å². The molecule has 1 spiro atoms. The zero-order chi connectivity index (χ0) is 29.8. The zero-order valence-electron chi connectivity index (χ0n) is 25.1. The van der Waals surface area contributed by atoms with E-state index in [9.17, 15) is 14.7 Å². The number of hydrogen-bond donors (Lipinski definition) is 1. The molecule has 6 heteroatoms. The fourth-order valence-corrected chi connectivity index (χ4v) is 8.38. The first kappa shape index (κ1) is 27.5. The number of hydrogen-bond acceptors (Lipinski definition) is 6. The highest BCUT2D eigenvalue weighted by molar-refractivity contribution is 6.08. The van der Waals surface area contributed by atoms with Crippen molar-refractivity contribution in [2.24, 2.45) is 22.7 Å². The summed E-state index contributed by atoms with van der Waals surface area (Å²) < 4.78 is 18.9. The second kappa shape index (κ2) is 8.85. The molecule has 6 nitrogen and oxygen atoms in total. The lowest BCUT2D eigenvalue weighted by molar-refractivity contribution is -0.302. The molecule has 1 heterocycles. The van der Waals surface area contributed by atoms with E-state index < -0.39 is 35.0 Å². The molecule has 2 fully saturated rings. The summed E-state index contributed by atoms with van der Waals surface area (Å²) >= 11 is 0. The van der Waals surface area contributed by atoms with E-state index in [1.54, 1.807) is 12.1 Å². The lowest BCUT2D eigenvalue weighted by atomic mass is 9.59. The molecule has 5 aliphatic rings. The molecule has 218 valence electrons. The number of fused-ring (bicyclic) bond motifs is 4. The van der Waals surface area contributed by atoms with Crippen molar-refractivity contribution < 1.29 is 28.9 Å². The van der Waals surface area contributed by atoms with Gasteiger partial charge in [-0.2, -0.15) is 0 Å². The van der Waals surface area contributed by atoms with Gasteiger partial charge < -0.3 is 19.3 Å². The molecule has 6 unspecified atom stereocenters. The van der Waals surface area contributed by atoms with Gasteiger partial charge in [-0.1, -0.05) is 75.4 Å². The van der Waals surface area contributed by atoms with Gasteiger partial charge in [-0.15, -0.1) is 0 Å². The summed E-state index contributed by atoms with van der Waals surface area (Å²) in [6, 6.07) is 17.0. The standard InChI is InChI=1S/C36H38O6/c1-20-18-35-21(2)16-27-28(33(27,3)4)26(29(35)37)17-23-19-40-34(5,6)42-31(23)36(35,39)30(20)41-32(38)25-15-11-10-14-24(25)22-12-8-7-9-13-22/h7-15,17-18,21,27,30-31,39H,16,19H2,1-6H3. The van der Waals surface area contributed by atoms with E-state index in [-0.39, 0.29) is 29.6 Å². The third-order valence-corrected chi connectivity index (χ3v) is 10.5. The average molecular weight is 567 g/mol. The maximum Gasteiger partial charge on any atom is 0.339 e. The highest BCUT2D eigenvalue weighted by Crippen LogP contribution is 2.70. The molecule has 1 aliphatic heterocycles. The summed E-state index contributed by atoms with van der Waals surface area (Å²) in [5.41, 5.74) is 1.86. The number of benzene rings is 2. The van der Waals surface area contributed by atoms with Crippen LogP contribution in [0.4, 0.5) is 0 Å². The molecule has 1 saturated heterocycles. The van der Waals surface area contributed by atoms with Crippen LogP contribution < -0.4 is 0 Å². The van der Waals surface area contributed by atoms with E-state index in [0.29, 0.717) is 22.3 Å². The van der Waals surface area contributed by atoms with Crippen molar-refractivity contribution >= 4 is 11.8 Å². The summed E-state index contributed by atoms with van der Waals surface area (Å²) in [6.07, 6.45) is 2.52. The Kier molecular flexibility index (Phi) is 5.80. The number of carbonyl (C=O) groups excluding carboxylic acids is 2. The van der Waals surface area contributed by atoms with Crippen molar-refractivity contribution in [3.05, 3.63) is 94.6 Å². The van der Waals surface area contributed by atoms with E-state index in [2.05, 4.69) is 13.8 Å². The molecule has 1 saturated carbocycles. The summed E-state index contributed by atoms with van der Waals surface area (Å²) in [7, 11) is 0. The third-order valence-electron chi connectivity index (χ3n) is 10.5.